The van der Waals surface area contributed by atoms with Gasteiger partial charge in [0, 0.05) is 12.6 Å². The van der Waals surface area contributed by atoms with E-state index in [4.69, 9.17) is 0 Å². The van der Waals surface area contributed by atoms with Crippen molar-refractivity contribution in [1.29, 1.82) is 0 Å². The Kier molecular flexibility index (Phi) is 8.53. The summed E-state index contributed by atoms with van der Waals surface area (Å²) in [6.45, 7) is 4.81. The fourth-order valence-electron chi connectivity index (χ4n) is 4.54. The van der Waals surface area contributed by atoms with E-state index < -0.39 is 34.3 Å². The molecular weight excluding hydrogens is 469 g/mol. The summed E-state index contributed by atoms with van der Waals surface area (Å²) in [5.41, 5.74) is 2.53. The van der Waals surface area contributed by atoms with E-state index in [1.807, 2.05) is 6.07 Å². The second-order valence-corrected chi connectivity index (χ2v) is 11.2. The van der Waals surface area contributed by atoms with Gasteiger partial charge in [0.05, 0.1) is 11.9 Å². The minimum absolute atomic E-state index is 0.0444. The predicted octanol–water partition coefficient (Wildman–Crippen LogP) is 3.68. The normalized spacial score (nSPS) is 15.0. The van der Waals surface area contributed by atoms with Gasteiger partial charge in [0.25, 0.3) is 0 Å². The van der Waals surface area contributed by atoms with Crippen molar-refractivity contribution >= 4 is 27.5 Å². The van der Waals surface area contributed by atoms with Crippen molar-refractivity contribution in [2.24, 2.45) is 0 Å². The van der Waals surface area contributed by atoms with Crippen molar-refractivity contribution in [2.45, 2.75) is 65.1 Å². The van der Waals surface area contributed by atoms with E-state index in [-0.39, 0.29) is 18.5 Å². The largest absolute Gasteiger partial charge is 0.352 e. The van der Waals surface area contributed by atoms with Crippen LogP contribution in [0.4, 0.5) is 10.1 Å². The Morgan fingerprint density at radius 3 is 2.17 bits per heavy atom. The number of para-hydroxylation sites is 1. The highest BCUT2D eigenvalue weighted by atomic mass is 32.2. The number of nitrogens with one attached hydrogen (secondary N) is 1. The third-order valence-electron chi connectivity index (χ3n) is 6.50. The van der Waals surface area contributed by atoms with Gasteiger partial charge in [-0.1, -0.05) is 43.2 Å². The quantitative estimate of drug-likeness (QED) is 0.566. The lowest BCUT2D eigenvalue weighted by atomic mass is 10.1. The maximum absolute atomic E-state index is 13.6. The van der Waals surface area contributed by atoms with Crippen molar-refractivity contribution in [1.82, 2.24) is 10.2 Å². The Bertz CT molecular complexity index is 1140. The van der Waals surface area contributed by atoms with Crippen LogP contribution in [-0.2, 0) is 26.2 Å². The molecule has 0 aliphatic heterocycles. The molecule has 0 spiro atoms. The highest BCUT2D eigenvalue weighted by Crippen LogP contribution is 2.27. The van der Waals surface area contributed by atoms with Gasteiger partial charge in [0.15, 0.2) is 0 Å². The Morgan fingerprint density at radius 2 is 1.63 bits per heavy atom. The second kappa shape index (κ2) is 11.2. The molecule has 1 N–H and O–H groups in total. The molecule has 0 bridgehead atoms. The topological polar surface area (TPSA) is 86.8 Å². The lowest BCUT2D eigenvalue weighted by Gasteiger charge is -2.32. The molecule has 1 fully saturated rings. The van der Waals surface area contributed by atoms with E-state index >= 15 is 0 Å². The molecule has 1 saturated carbocycles. The molecule has 1 aliphatic carbocycles. The zero-order valence-corrected chi connectivity index (χ0v) is 21.6. The van der Waals surface area contributed by atoms with E-state index in [0.717, 1.165) is 47.4 Å². The lowest BCUT2D eigenvalue weighted by Crippen LogP contribution is -2.52. The number of aryl methyl sites for hydroxylation is 2. The summed E-state index contributed by atoms with van der Waals surface area (Å²) < 4.78 is 40.1. The number of hydrogen-bond acceptors (Lipinski definition) is 4. The smallest absolute Gasteiger partial charge is 0.244 e. The van der Waals surface area contributed by atoms with Crippen LogP contribution in [0.1, 0.15) is 49.3 Å². The number of carbonyl (C=O) groups excluding carboxylic acids is 2. The molecule has 3 rings (SSSR count). The van der Waals surface area contributed by atoms with Crippen LogP contribution in [0.15, 0.2) is 42.5 Å². The van der Waals surface area contributed by atoms with Gasteiger partial charge >= 0.3 is 0 Å². The summed E-state index contributed by atoms with van der Waals surface area (Å²) in [6, 6.07) is 10.3. The fraction of sp³-hybridized carbons (Fsp3) is 0.462. The second-order valence-electron chi connectivity index (χ2n) is 9.32. The number of carbonyl (C=O) groups is 2. The standard InChI is InChI=1S/C26H34FN3O4S/c1-18-8-7-9-19(2)25(18)30(35(4,33)34)17-24(31)29(16-21-12-14-22(27)15-13-21)20(3)26(32)28-23-10-5-6-11-23/h7-9,12-15,20,23H,5-6,10-11,16-17H2,1-4H3,(H,28,32). The van der Waals surface area contributed by atoms with Crippen LogP contribution >= 0.6 is 0 Å². The molecule has 2 aromatic rings. The van der Waals surface area contributed by atoms with Crippen molar-refractivity contribution in [3.8, 4) is 0 Å². The van der Waals surface area contributed by atoms with Crippen LogP contribution in [0.5, 0.6) is 0 Å². The zero-order valence-electron chi connectivity index (χ0n) is 20.8. The molecule has 1 aliphatic rings. The van der Waals surface area contributed by atoms with E-state index in [1.165, 1.54) is 17.0 Å². The molecule has 35 heavy (non-hydrogen) atoms. The van der Waals surface area contributed by atoms with Gasteiger partial charge in [-0.25, -0.2) is 12.8 Å². The molecule has 0 saturated heterocycles. The predicted molar refractivity (Wildman–Crippen MR) is 135 cm³/mol. The van der Waals surface area contributed by atoms with Crippen LogP contribution < -0.4 is 9.62 Å². The van der Waals surface area contributed by atoms with Gasteiger partial charge in [0.2, 0.25) is 21.8 Å². The molecule has 2 aromatic carbocycles. The first-order valence-electron chi connectivity index (χ1n) is 11.9. The van der Waals surface area contributed by atoms with E-state index in [0.29, 0.717) is 11.3 Å². The summed E-state index contributed by atoms with van der Waals surface area (Å²) in [5, 5.41) is 3.02. The summed E-state index contributed by atoms with van der Waals surface area (Å²) in [4.78, 5) is 28.0. The van der Waals surface area contributed by atoms with Crippen molar-refractivity contribution < 1.29 is 22.4 Å². The van der Waals surface area contributed by atoms with Crippen LogP contribution in [-0.4, -0.2) is 50.0 Å². The molecule has 190 valence electrons. The summed E-state index contributed by atoms with van der Waals surface area (Å²) in [6.07, 6.45) is 4.97. The molecule has 0 aromatic heterocycles. The summed E-state index contributed by atoms with van der Waals surface area (Å²) >= 11 is 0. The Balaban J connectivity index is 1.91. The minimum Gasteiger partial charge on any atom is -0.352 e. The first kappa shape index (κ1) is 26.7. The molecule has 1 atom stereocenters. The Labute approximate surface area is 207 Å². The average molecular weight is 504 g/mol. The maximum Gasteiger partial charge on any atom is 0.244 e. The maximum atomic E-state index is 13.6. The van der Waals surface area contributed by atoms with Gasteiger partial charge in [-0.3, -0.25) is 13.9 Å². The molecule has 1 unspecified atom stereocenters. The van der Waals surface area contributed by atoms with Crippen molar-refractivity contribution in [3.63, 3.8) is 0 Å². The number of hydrogen-bond donors (Lipinski definition) is 1. The molecular formula is C26H34FN3O4S. The molecule has 7 nitrogen and oxygen atoms in total. The van der Waals surface area contributed by atoms with Gasteiger partial charge < -0.3 is 10.2 Å². The fourth-order valence-corrected chi connectivity index (χ4v) is 5.50. The monoisotopic (exact) mass is 503 g/mol. The first-order chi connectivity index (χ1) is 16.5. The third kappa shape index (κ3) is 6.81. The molecule has 0 heterocycles. The van der Waals surface area contributed by atoms with Gasteiger partial charge in [-0.15, -0.1) is 0 Å². The SMILES string of the molecule is Cc1cccc(C)c1N(CC(=O)N(Cc1ccc(F)cc1)C(C)C(=O)NC1CCCC1)S(C)(=O)=O. The van der Waals surface area contributed by atoms with Crippen molar-refractivity contribution in [2.75, 3.05) is 17.1 Å². The van der Waals surface area contributed by atoms with Crippen LogP contribution in [0.3, 0.4) is 0 Å². The highest BCUT2D eigenvalue weighted by Gasteiger charge is 2.32. The number of amides is 2. The number of nitrogens with zero attached hydrogens (tertiary/aromatic N) is 2. The van der Waals surface area contributed by atoms with Crippen molar-refractivity contribution in [3.05, 3.63) is 65.0 Å². The van der Waals surface area contributed by atoms with Gasteiger partial charge in [-0.2, -0.15) is 0 Å². The number of halogens is 1. The zero-order chi connectivity index (χ0) is 25.8. The molecule has 0 radical (unpaired) electrons. The number of sulfonamides is 1. The summed E-state index contributed by atoms with van der Waals surface area (Å²) in [5.74, 6) is -1.21. The highest BCUT2D eigenvalue weighted by molar-refractivity contribution is 7.92. The van der Waals surface area contributed by atoms with E-state index in [9.17, 15) is 22.4 Å². The van der Waals surface area contributed by atoms with Crippen LogP contribution in [0.25, 0.3) is 0 Å². The van der Waals surface area contributed by atoms with E-state index in [1.54, 1.807) is 45.0 Å². The van der Waals surface area contributed by atoms with Gasteiger partial charge in [-0.05, 0) is 62.4 Å². The van der Waals surface area contributed by atoms with Crippen LogP contribution in [0.2, 0.25) is 0 Å². The van der Waals surface area contributed by atoms with E-state index in [2.05, 4.69) is 5.32 Å². The molecule has 2 amide bonds. The molecule has 9 heteroatoms. The lowest BCUT2D eigenvalue weighted by molar-refractivity contribution is -0.139. The third-order valence-corrected chi connectivity index (χ3v) is 7.62. The number of benzene rings is 2. The minimum atomic E-state index is -3.80. The van der Waals surface area contributed by atoms with Gasteiger partial charge in [0.1, 0.15) is 18.4 Å². The average Bonchev–Trinajstić information content (AvgIpc) is 3.29. The Hall–Kier alpha value is -2.94. The number of anilines is 1. The Morgan fingerprint density at radius 1 is 1.06 bits per heavy atom. The first-order valence-corrected chi connectivity index (χ1v) is 13.7. The van der Waals surface area contributed by atoms with Crippen LogP contribution in [0, 0.1) is 19.7 Å². The number of rotatable bonds is 9. The summed E-state index contributed by atoms with van der Waals surface area (Å²) in [7, 11) is -3.80.